The molecule has 0 aromatic heterocycles. The zero-order chi connectivity index (χ0) is 14.9. The van der Waals surface area contributed by atoms with Crippen LogP contribution in [0.15, 0.2) is 0 Å². The van der Waals surface area contributed by atoms with Crippen LogP contribution in [0, 0.1) is 11.8 Å². The molecule has 3 aliphatic rings. The van der Waals surface area contributed by atoms with Gasteiger partial charge in [0, 0.05) is 32.1 Å². The first-order valence-corrected chi connectivity index (χ1v) is 10.1. The second-order valence-electron chi connectivity index (χ2n) is 6.90. The summed E-state index contributed by atoms with van der Waals surface area (Å²) in [5.41, 5.74) is 0. The summed E-state index contributed by atoms with van der Waals surface area (Å²) in [6.07, 6.45) is 6.69. The smallest absolute Gasteiger partial charge is 0.224 e. The minimum Gasteiger partial charge on any atom is -0.342 e. The topological polar surface area (TPSA) is 66.5 Å². The molecule has 0 bridgehead atoms. The minimum absolute atomic E-state index is 0.110. The van der Waals surface area contributed by atoms with Gasteiger partial charge in [-0.25, -0.2) is 8.42 Å². The third-order valence-corrected chi connectivity index (χ3v) is 7.10. The Kier molecular flexibility index (Phi) is 4.54. The first-order chi connectivity index (χ1) is 10.0. The van der Waals surface area contributed by atoms with E-state index in [1.165, 1.54) is 25.7 Å². The molecule has 2 saturated heterocycles. The van der Waals surface area contributed by atoms with Crippen molar-refractivity contribution in [3.8, 4) is 0 Å². The van der Waals surface area contributed by atoms with Crippen LogP contribution in [0.25, 0.3) is 0 Å². The normalized spacial score (nSPS) is 36.0. The molecule has 0 aromatic carbocycles. The quantitative estimate of drug-likeness (QED) is 0.819. The van der Waals surface area contributed by atoms with Gasteiger partial charge in [-0.3, -0.25) is 4.79 Å². The number of fused-ring (bicyclic) bond motifs is 1. The summed E-state index contributed by atoms with van der Waals surface area (Å²) in [5, 5.41) is 3.17. The zero-order valence-electron chi connectivity index (χ0n) is 12.6. The van der Waals surface area contributed by atoms with Gasteiger partial charge in [0.1, 0.15) is 0 Å². The molecule has 6 heteroatoms. The van der Waals surface area contributed by atoms with Crippen molar-refractivity contribution in [1.82, 2.24) is 10.2 Å². The molecule has 0 radical (unpaired) electrons. The first-order valence-electron chi connectivity index (χ1n) is 8.25. The monoisotopic (exact) mass is 314 g/mol. The van der Waals surface area contributed by atoms with Crippen LogP contribution in [-0.2, 0) is 14.6 Å². The van der Waals surface area contributed by atoms with Gasteiger partial charge in [0.25, 0.3) is 0 Å². The molecule has 2 heterocycles. The lowest BCUT2D eigenvalue weighted by molar-refractivity contribution is -0.134. The highest BCUT2D eigenvalue weighted by Gasteiger charge is 2.34. The lowest BCUT2D eigenvalue weighted by Crippen LogP contribution is -2.50. The van der Waals surface area contributed by atoms with Crippen LogP contribution in [-0.4, -0.2) is 56.4 Å². The van der Waals surface area contributed by atoms with E-state index in [9.17, 15) is 13.2 Å². The predicted molar refractivity (Wildman–Crippen MR) is 81.7 cm³/mol. The van der Waals surface area contributed by atoms with E-state index in [1.807, 2.05) is 4.90 Å². The summed E-state index contributed by atoms with van der Waals surface area (Å²) in [6.45, 7) is 2.23. The van der Waals surface area contributed by atoms with E-state index in [0.717, 1.165) is 25.4 Å². The van der Waals surface area contributed by atoms with Crippen LogP contribution in [0.2, 0.25) is 0 Å². The average Bonchev–Trinajstić information content (AvgIpc) is 2.45. The van der Waals surface area contributed by atoms with Gasteiger partial charge in [0.05, 0.1) is 11.5 Å². The molecule has 0 aromatic rings. The highest BCUT2D eigenvalue weighted by molar-refractivity contribution is 7.91. The van der Waals surface area contributed by atoms with Crippen molar-refractivity contribution in [2.24, 2.45) is 11.8 Å². The summed E-state index contributed by atoms with van der Waals surface area (Å²) in [4.78, 5) is 14.4. The number of amides is 1. The number of likely N-dealkylation sites (tertiary alicyclic amines) is 1. The average molecular weight is 314 g/mol. The fraction of sp³-hybridized carbons (Fsp3) is 0.933. The maximum absolute atomic E-state index is 12.4. The molecule has 2 aliphatic heterocycles. The summed E-state index contributed by atoms with van der Waals surface area (Å²) in [5.74, 6) is 1.94. The van der Waals surface area contributed by atoms with Crippen LogP contribution in [0.1, 0.15) is 38.5 Å². The number of piperidine rings is 1. The Balaban J connectivity index is 1.53. The lowest BCUT2D eigenvalue weighted by Gasteiger charge is -2.41. The van der Waals surface area contributed by atoms with Gasteiger partial charge in [-0.15, -0.1) is 0 Å². The van der Waals surface area contributed by atoms with Crippen molar-refractivity contribution < 1.29 is 13.2 Å². The standard InChI is InChI=1S/C15H26N2O3S/c18-15(9-14-11-21(19,20)8-6-16-14)17-7-5-12-3-1-2-4-13(12)10-17/h12-14,16H,1-11H2. The number of nitrogens with zero attached hydrogens (tertiary/aromatic N) is 1. The molecular weight excluding hydrogens is 288 g/mol. The Labute approximate surface area is 127 Å². The van der Waals surface area contributed by atoms with E-state index in [4.69, 9.17) is 0 Å². The fourth-order valence-electron chi connectivity index (χ4n) is 4.17. The summed E-state index contributed by atoms with van der Waals surface area (Å²) < 4.78 is 23.3. The zero-order valence-corrected chi connectivity index (χ0v) is 13.4. The summed E-state index contributed by atoms with van der Waals surface area (Å²) in [6, 6.07) is -0.194. The molecule has 3 fully saturated rings. The van der Waals surface area contributed by atoms with Crippen molar-refractivity contribution in [3.63, 3.8) is 0 Å². The largest absolute Gasteiger partial charge is 0.342 e. The van der Waals surface area contributed by atoms with Gasteiger partial charge in [-0.2, -0.15) is 0 Å². The third kappa shape index (κ3) is 3.77. The molecular formula is C15H26N2O3S. The van der Waals surface area contributed by atoms with Crippen molar-refractivity contribution in [3.05, 3.63) is 0 Å². The molecule has 1 amide bonds. The Morgan fingerprint density at radius 3 is 2.67 bits per heavy atom. The molecule has 3 atom stereocenters. The molecule has 120 valence electrons. The van der Waals surface area contributed by atoms with E-state index in [2.05, 4.69) is 5.32 Å². The number of carbonyl (C=O) groups excluding carboxylic acids is 1. The second kappa shape index (κ2) is 6.24. The number of hydrogen-bond donors (Lipinski definition) is 1. The molecule has 1 saturated carbocycles. The number of carbonyl (C=O) groups is 1. The maximum Gasteiger partial charge on any atom is 0.224 e. The number of nitrogens with one attached hydrogen (secondary N) is 1. The van der Waals surface area contributed by atoms with Crippen LogP contribution in [0.3, 0.4) is 0 Å². The van der Waals surface area contributed by atoms with Gasteiger partial charge in [0.15, 0.2) is 9.84 Å². The van der Waals surface area contributed by atoms with Crippen LogP contribution in [0.5, 0.6) is 0 Å². The number of hydrogen-bond acceptors (Lipinski definition) is 4. The number of sulfone groups is 1. The molecule has 0 spiro atoms. The molecule has 3 rings (SSSR count). The Hall–Kier alpha value is -0.620. The van der Waals surface area contributed by atoms with Crippen LogP contribution >= 0.6 is 0 Å². The van der Waals surface area contributed by atoms with Crippen molar-refractivity contribution in [1.29, 1.82) is 0 Å². The molecule has 1 aliphatic carbocycles. The second-order valence-corrected chi connectivity index (χ2v) is 9.13. The van der Waals surface area contributed by atoms with Gasteiger partial charge in [0.2, 0.25) is 5.91 Å². The van der Waals surface area contributed by atoms with Gasteiger partial charge < -0.3 is 10.2 Å². The Morgan fingerprint density at radius 1 is 1.14 bits per heavy atom. The molecule has 5 nitrogen and oxygen atoms in total. The van der Waals surface area contributed by atoms with E-state index >= 15 is 0 Å². The van der Waals surface area contributed by atoms with E-state index in [1.54, 1.807) is 0 Å². The lowest BCUT2D eigenvalue weighted by atomic mass is 9.75. The molecule has 1 N–H and O–H groups in total. The highest BCUT2D eigenvalue weighted by atomic mass is 32.2. The van der Waals surface area contributed by atoms with E-state index in [0.29, 0.717) is 18.9 Å². The minimum atomic E-state index is -2.96. The summed E-state index contributed by atoms with van der Waals surface area (Å²) >= 11 is 0. The van der Waals surface area contributed by atoms with E-state index < -0.39 is 9.84 Å². The fourth-order valence-corrected chi connectivity index (χ4v) is 5.61. The van der Waals surface area contributed by atoms with Crippen LogP contribution < -0.4 is 5.32 Å². The highest BCUT2D eigenvalue weighted by Crippen LogP contribution is 2.36. The third-order valence-electron chi connectivity index (χ3n) is 5.37. The van der Waals surface area contributed by atoms with Crippen molar-refractivity contribution >= 4 is 15.7 Å². The Bertz CT molecular complexity index is 491. The van der Waals surface area contributed by atoms with Gasteiger partial charge >= 0.3 is 0 Å². The number of rotatable bonds is 2. The Morgan fingerprint density at radius 2 is 1.90 bits per heavy atom. The predicted octanol–water partition coefficient (Wildman–Crippen LogP) is 0.802. The van der Waals surface area contributed by atoms with Gasteiger partial charge in [-0.1, -0.05) is 19.3 Å². The van der Waals surface area contributed by atoms with Crippen LogP contribution in [0.4, 0.5) is 0 Å². The summed E-state index contributed by atoms with van der Waals surface area (Å²) in [7, 11) is -2.96. The SMILES string of the molecule is O=C(CC1CS(=O)(=O)CCN1)N1CCC2CCCCC2C1. The first kappa shape index (κ1) is 15.3. The van der Waals surface area contributed by atoms with Crippen molar-refractivity contribution in [2.45, 2.75) is 44.6 Å². The maximum atomic E-state index is 12.4. The van der Waals surface area contributed by atoms with Gasteiger partial charge in [-0.05, 0) is 24.7 Å². The van der Waals surface area contributed by atoms with Crippen molar-refractivity contribution in [2.75, 3.05) is 31.1 Å². The molecule has 3 unspecified atom stereocenters. The molecule has 21 heavy (non-hydrogen) atoms. The van der Waals surface area contributed by atoms with E-state index in [-0.39, 0.29) is 23.5 Å².